The Morgan fingerprint density at radius 1 is 1.31 bits per heavy atom. The topological polar surface area (TPSA) is 29.1 Å². The predicted octanol–water partition coefficient (Wildman–Crippen LogP) is 1.51. The van der Waals surface area contributed by atoms with E-state index < -0.39 is 6.67 Å². The van der Waals surface area contributed by atoms with Crippen LogP contribution < -0.4 is 5.32 Å². The molecule has 0 aromatic rings. The van der Waals surface area contributed by atoms with Gasteiger partial charge in [-0.1, -0.05) is 12.8 Å². The fraction of sp³-hybridized carbons (Fsp3) is 0.900. The molecule has 2 unspecified atom stereocenters. The molecule has 2 aliphatic carbocycles. The summed E-state index contributed by atoms with van der Waals surface area (Å²) in [5, 5.41) is 2.64. The van der Waals surface area contributed by atoms with E-state index >= 15 is 0 Å². The van der Waals surface area contributed by atoms with Crippen molar-refractivity contribution >= 4 is 5.91 Å². The van der Waals surface area contributed by atoms with Gasteiger partial charge in [-0.2, -0.15) is 0 Å². The van der Waals surface area contributed by atoms with Gasteiger partial charge >= 0.3 is 0 Å². The first-order valence-electron chi connectivity index (χ1n) is 5.18. The van der Waals surface area contributed by atoms with Crippen LogP contribution in [0.4, 0.5) is 4.39 Å². The van der Waals surface area contributed by atoms with E-state index in [0.717, 1.165) is 0 Å². The highest BCUT2D eigenvalue weighted by Crippen LogP contribution is 2.55. The Morgan fingerprint density at radius 3 is 2.46 bits per heavy atom. The van der Waals surface area contributed by atoms with E-state index in [1.165, 1.54) is 25.7 Å². The van der Waals surface area contributed by atoms with Gasteiger partial charge in [-0.15, -0.1) is 0 Å². The van der Waals surface area contributed by atoms with Crippen LogP contribution in [-0.4, -0.2) is 19.1 Å². The van der Waals surface area contributed by atoms with Crippen molar-refractivity contribution in [1.29, 1.82) is 0 Å². The van der Waals surface area contributed by atoms with Crippen molar-refractivity contribution < 1.29 is 9.18 Å². The SMILES string of the molecule is O=C(NCCF)C1C2CCCCC21. The quantitative estimate of drug-likeness (QED) is 0.709. The van der Waals surface area contributed by atoms with Gasteiger partial charge in [0.1, 0.15) is 6.67 Å². The number of hydrogen-bond acceptors (Lipinski definition) is 1. The zero-order chi connectivity index (χ0) is 9.26. The summed E-state index contributed by atoms with van der Waals surface area (Å²) in [5.74, 6) is 1.59. The summed E-state index contributed by atoms with van der Waals surface area (Å²) in [6, 6.07) is 0. The van der Waals surface area contributed by atoms with Crippen LogP contribution in [0.5, 0.6) is 0 Å². The largest absolute Gasteiger partial charge is 0.353 e. The number of halogens is 1. The summed E-state index contributed by atoms with van der Waals surface area (Å²) in [4.78, 5) is 11.5. The molecule has 0 aromatic carbocycles. The molecule has 2 rings (SSSR count). The van der Waals surface area contributed by atoms with Crippen molar-refractivity contribution in [1.82, 2.24) is 5.32 Å². The second-order valence-corrected chi connectivity index (χ2v) is 4.12. The number of hydrogen-bond donors (Lipinski definition) is 1. The summed E-state index contributed by atoms with van der Waals surface area (Å²) in [5.41, 5.74) is 0. The molecule has 2 saturated carbocycles. The Morgan fingerprint density at radius 2 is 1.92 bits per heavy atom. The first-order chi connectivity index (χ1) is 6.34. The second kappa shape index (κ2) is 3.64. The molecule has 13 heavy (non-hydrogen) atoms. The first kappa shape index (κ1) is 8.97. The van der Waals surface area contributed by atoms with Crippen LogP contribution in [0.25, 0.3) is 0 Å². The van der Waals surface area contributed by atoms with E-state index in [9.17, 15) is 9.18 Å². The average molecular weight is 185 g/mol. The Hall–Kier alpha value is -0.600. The normalized spacial score (nSPS) is 36.5. The highest BCUT2D eigenvalue weighted by atomic mass is 19.1. The van der Waals surface area contributed by atoms with Gasteiger partial charge in [-0.05, 0) is 24.7 Å². The lowest BCUT2D eigenvalue weighted by Crippen LogP contribution is -2.27. The molecule has 2 aliphatic rings. The second-order valence-electron chi connectivity index (χ2n) is 4.12. The van der Waals surface area contributed by atoms with Crippen LogP contribution in [0.2, 0.25) is 0 Å². The molecule has 0 aliphatic heterocycles. The maximum atomic E-state index is 11.8. The lowest BCUT2D eigenvalue weighted by Gasteiger charge is -2.04. The minimum atomic E-state index is -0.451. The fourth-order valence-corrected chi connectivity index (χ4v) is 2.67. The van der Waals surface area contributed by atoms with Crippen molar-refractivity contribution in [3.8, 4) is 0 Å². The van der Waals surface area contributed by atoms with E-state index in [-0.39, 0.29) is 18.4 Å². The number of carbonyl (C=O) groups excluding carboxylic acids is 1. The maximum Gasteiger partial charge on any atom is 0.223 e. The summed E-state index contributed by atoms with van der Waals surface area (Å²) in [6.45, 7) is -0.261. The number of carbonyl (C=O) groups is 1. The number of nitrogens with one attached hydrogen (secondary N) is 1. The molecule has 0 spiro atoms. The lowest BCUT2D eigenvalue weighted by molar-refractivity contribution is -0.122. The van der Waals surface area contributed by atoms with Gasteiger partial charge in [0.2, 0.25) is 5.91 Å². The summed E-state index contributed by atoms with van der Waals surface area (Å²) < 4.78 is 11.8. The van der Waals surface area contributed by atoms with Gasteiger partial charge in [0.15, 0.2) is 0 Å². The molecule has 0 aromatic heterocycles. The van der Waals surface area contributed by atoms with Crippen molar-refractivity contribution in [3.63, 3.8) is 0 Å². The van der Waals surface area contributed by atoms with Crippen LogP contribution in [0.15, 0.2) is 0 Å². The van der Waals surface area contributed by atoms with Crippen molar-refractivity contribution in [2.45, 2.75) is 25.7 Å². The molecule has 0 heterocycles. The van der Waals surface area contributed by atoms with Crippen LogP contribution in [0, 0.1) is 17.8 Å². The first-order valence-corrected chi connectivity index (χ1v) is 5.18. The van der Waals surface area contributed by atoms with E-state index in [1.807, 2.05) is 0 Å². The summed E-state index contributed by atoms with van der Waals surface area (Å²) >= 11 is 0. The molecule has 2 fully saturated rings. The molecule has 0 radical (unpaired) electrons. The van der Waals surface area contributed by atoms with E-state index in [0.29, 0.717) is 11.8 Å². The molecule has 74 valence electrons. The molecule has 2 atom stereocenters. The van der Waals surface area contributed by atoms with Gasteiger partial charge < -0.3 is 5.32 Å². The minimum Gasteiger partial charge on any atom is -0.353 e. The highest BCUT2D eigenvalue weighted by Gasteiger charge is 2.54. The van der Waals surface area contributed by atoms with Crippen molar-refractivity contribution in [2.75, 3.05) is 13.2 Å². The maximum absolute atomic E-state index is 11.8. The van der Waals surface area contributed by atoms with E-state index in [4.69, 9.17) is 0 Å². The van der Waals surface area contributed by atoms with Crippen molar-refractivity contribution in [2.24, 2.45) is 17.8 Å². The van der Waals surface area contributed by atoms with Crippen LogP contribution in [-0.2, 0) is 4.79 Å². The molecule has 0 bridgehead atoms. The number of rotatable bonds is 3. The Kier molecular flexibility index (Phi) is 2.51. The third-order valence-electron chi connectivity index (χ3n) is 3.35. The summed E-state index contributed by atoms with van der Waals surface area (Å²) in [6.07, 6.45) is 4.96. The molecular formula is C10H16FNO. The minimum absolute atomic E-state index is 0.0922. The van der Waals surface area contributed by atoms with Gasteiger partial charge in [0, 0.05) is 12.5 Å². The molecule has 1 amide bonds. The fourth-order valence-electron chi connectivity index (χ4n) is 2.67. The molecule has 1 N–H and O–H groups in total. The monoisotopic (exact) mass is 185 g/mol. The van der Waals surface area contributed by atoms with E-state index in [2.05, 4.69) is 5.32 Å². The average Bonchev–Trinajstić information content (AvgIpc) is 2.88. The molecule has 0 saturated heterocycles. The Balaban J connectivity index is 1.79. The molecule has 3 heteroatoms. The third-order valence-corrected chi connectivity index (χ3v) is 3.35. The van der Waals surface area contributed by atoms with Gasteiger partial charge in [0.25, 0.3) is 0 Å². The number of amides is 1. The zero-order valence-electron chi connectivity index (χ0n) is 7.76. The van der Waals surface area contributed by atoms with Crippen LogP contribution in [0.3, 0.4) is 0 Å². The lowest BCUT2D eigenvalue weighted by atomic mass is 10.0. The zero-order valence-corrected chi connectivity index (χ0v) is 7.76. The predicted molar refractivity (Wildman–Crippen MR) is 47.9 cm³/mol. The van der Waals surface area contributed by atoms with Crippen molar-refractivity contribution in [3.05, 3.63) is 0 Å². The Labute approximate surface area is 77.9 Å². The van der Waals surface area contributed by atoms with Gasteiger partial charge in [-0.3, -0.25) is 4.79 Å². The smallest absolute Gasteiger partial charge is 0.223 e. The standard InChI is InChI=1S/C10H16FNO/c11-5-6-12-10(13)9-7-3-1-2-4-8(7)9/h7-9H,1-6H2,(H,12,13). The third kappa shape index (κ3) is 1.69. The number of fused-ring (bicyclic) bond motifs is 1. The van der Waals surface area contributed by atoms with Gasteiger partial charge in [-0.25, -0.2) is 4.39 Å². The van der Waals surface area contributed by atoms with E-state index in [1.54, 1.807) is 0 Å². The Bertz CT molecular complexity index is 195. The van der Waals surface area contributed by atoms with Crippen LogP contribution in [0.1, 0.15) is 25.7 Å². The molecular weight excluding hydrogens is 169 g/mol. The van der Waals surface area contributed by atoms with Crippen LogP contribution >= 0.6 is 0 Å². The molecule has 2 nitrogen and oxygen atoms in total. The van der Waals surface area contributed by atoms with Gasteiger partial charge in [0.05, 0.1) is 0 Å². The highest BCUT2D eigenvalue weighted by molar-refractivity contribution is 5.82. The number of alkyl halides is 1. The summed E-state index contributed by atoms with van der Waals surface area (Å²) in [7, 11) is 0.